The second-order valence-electron chi connectivity index (χ2n) is 2.83. The molecule has 0 aliphatic carbocycles. The van der Waals surface area contributed by atoms with E-state index in [9.17, 15) is 0 Å². The predicted octanol–water partition coefficient (Wildman–Crippen LogP) is 3.35. The van der Waals surface area contributed by atoms with Gasteiger partial charge in [-0.2, -0.15) is 4.98 Å². The maximum absolute atomic E-state index is 5.85. The molecular formula is C9H6Cl2N2O. The van der Waals surface area contributed by atoms with Gasteiger partial charge in [0.2, 0.25) is 0 Å². The van der Waals surface area contributed by atoms with Crippen LogP contribution in [0.4, 0.5) is 0 Å². The molecule has 1 heterocycles. The Morgan fingerprint density at radius 2 is 2.07 bits per heavy atom. The zero-order chi connectivity index (χ0) is 10.1. The van der Waals surface area contributed by atoms with Crippen molar-refractivity contribution < 1.29 is 4.52 Å². The van der Waals surface area contributed by atoms with Crippen LogP contribution in [0.15, 0.2) is 22.7 Å². The van der Waals surface area contributed by atoms with E-state index in [4.69, 9.17) is 27.7 Å². The summed E-state index contributed by atoms with van der Waals surface area (Å²) in [6, 6.07) is 5.45. The van der Waals surface area contributed by atoms with Crippen molar-refractivity contribution >= 4 is 23.2 Å². The zero-order valence-electron chi connectivity index (χ0n) is 7.29. The van der Waals surface area contributed by atoms with Crippen molar-refractivity contribution in [2.45, 2.75) is 6.92 Å². The van der Waals surface area contributed by atoms with E-state index in [0.29, 0.717) is 10.9 Å². The maximum Gasteiger partial charge on any atom is 0.264 e. The van der Waals surface area contributed by atoms with Crippen LogP contribution < -0.4 is 0 Å². The molecule has 0 saturated heterocycles. The summed E-state index contributed by atoms with van der Waals surface area (Å²) in [6.45, 7) is 1.93. The first-order valence-corrected chi connectivity index (χ1v) is 4.68. The first kappa shape index (κ1) is 9.49. The van der Waals surface area contributed by atoms with Gasteiger partial charge in [-0.1, -0.05) is 17.7 Å². The van der Waals surface area contributed by atoms with E-state index in [1.165, 1.54) is 0 Å². The molecule has 2 aromatic rings. The predicted molar refractivity (Wildman–Crippen MR) is 54.5 cm³/mol. The van der Waals surface area contributed by atoms with Crippen molar-refractivity contribution in [3.05, 3.63) is 34.1 Å². The minimum atomic E-state index is 0.0966. The number of hydrogen-bond acceptors (Lipinski definition) is 3. The summed E-state index contributed by atoms with van der Waals surface area (Å²) in [5.41, 5.74) is 1.81. The number of aryl methyl sites for hydroxylation is 1. The number of rotatable bonds is 1. The molecule has 0 radical (unpaired) electrons. The molecule has 0 aliphatic heterocycles. The summed E-state index contributed by atoms with van der Waals surface area (Å²) in [4.78, 5) is 3.91. The second kappa shape index (κ2) is 3.59. The molecule has 0 N–H and O–H groups in total. The Bertz CT molecular complexity index is 468. The van der Waals surface area contributed by atoms with E-state index < -0.39 is 0 Å². The maximum atomic E-state index is 5.85. The molecule has 0 saturated carbocycles. The van der Waals surface area contributed by atoms with Gasteiger partial charge < -0.3 is 4.52 Å². The fourth-order valence-electron chi connectivity index (χ4n) is 1.14. The first-order valence-electron chi connectivity index (χ1n) is 3.92. The highest BCUT2D eigenvalue weighted by Gasteiger charge is 2.10. The van der Waals surface area contributed by atoms with Gasteiger partial charge >= 0.3 is 0 Å². The van der Waals surface area contributed by atoms with Crippen LogP contribution in [0, 0.1) is 6.92 Å². The van der Waals surface area contributed by atoms with Gasteiger partial charge in [-0.25, -0.2) is 0 Å². The number of nitrogens with zero attached hydrogens (tertiary/aromatic N) is 2. The summed E-state index contributed by atoms with van der Waals surface area (Å²) in [5, 5.41) is 4.22. The monoisotopic (exact) mass is 228 g/mol. The van der Waals surface area contributed by atoms with E-state index in [1.54, 1.807) is 12.1 Å². The average molecular weight is 229 g/mol. The summed E-state index contributed by atoms with van der Waals surface area (Å²) in [5.74, 6) is 0.384. The highest BCUT2D eigenvalue weighted by molar-refractivity contribution is 6.31. The average Bonchev–Trinajstić information content (AvgIpc) is 2.56. The molecular weight excluding hydrogens is 223 g/mol. The quantitative estimate of drug-likeness (QED) is 0.752. The van der Waals surface area contributed by atoms with Crippen molar-refractivity contribution in [2.75, 3.05) is 0 Å². The van der Waals surface area contributed by atoms with Gasteiger partial charge in [-0.15, -0.1) is 0 Å². The molecule has 0 fully saturated rings. The van der Waals surface area contributed by atoms with Gasteiger partial charge in [0, 0.05) is 10.6 Å². The zero-order valence-corrected chi connectivity index (χ0v) is 8.80. The Morgan fingerprint density at radius 3 is 2.71 bits per heavy atom. The van der Waals surface area contributed by atoms with Crippen LogP contribution in [0.25, 0.3) is 11.5 Å². The molecule has 0 bridgehead atoms. The van der Waals surface area contributed by atoms with Crippen LogP contribution in [0.5, 0.6) is 0 Å². The molecule has 14 heavy (non-hydrogen) atoms. The largest absolute Gasteiger partial charge is 0.333 e. The van der Waals surface area contributed by atoms with E-state index in [2.05, 4.69) is 10.1 Å². The van der Waals surface area contributed by atoms with E-state index in [-0.39, 0.29) is 5.28 Å². The third-order valence-corrected chi connectivity index (χ3v) is 2.22. The van der Waals surface area contributed by atoms with Crippen LogP contribution in [0.1, 0.15) is 5.56 Å². The molecule has 2 rings (SSSR count). The van der Waals surface area contributed by atoms with Crippen molar-refractivity contribution in [1.29, 1.82) is 0 Å². The SMILES string of the molecule is Cc1ccc(Cl)cc1-c1nc(Cl)no1. The second-order valence-corrected chi connectivity index (χ2v) is 3.60. The normalized spacial score (nSPS) is 10.5. The van der Waals surface area contributed by atoms with Crippen molar-refractivity contribution in [3.63, 3.8) is 0 Å². The molecule has 1 aromatic carbocycles. The lowest BCUT2D eigenvalue weighted by Gasteiger charge is -1.99. The molecule has 0 amide bonds. The van der Waals surface area contributed by atoms with Crippen LogP contribution in [-0.2, 0) is 0 Å². The highest BCUT2D eigenvalue weighted by atomic mass is 35.5. The molecule has 5 heteroatoms. The van der Waals surface area contributed by atoms with Gasteiger partial charge in [0.15, 0.2) is 0 Å². The third kappa shape index (κ3) is 1.74. The Morgan fingerprint density at radius 1 is 1.29 bits per heavy atom. The summed E-state index contributed by atoms with van der Waals surface area (Å²) in [7, 11) is 0. The van der Waals surface area contributed by atoms with Gasteiger partial charge in [0.1, 0.15) is 0 Å². The first-order chi connectivity index (χ1) is 6.66. The highest BCUT2D eigenvalue weighted by Crippen LogP contribution is 2.25. The lowest BCUT2D eigenvalue weighted by atomic mass is 10.1. The lowest BCUT2D eigenvalue weighted by Crippen LogP contribution is -1.82. The Hall–Kier alpha value is -1.06. The number of aromatic nitrogens is 2. The van der Waals surface area contributed by atoms with Gasteiger partial charge in [-0.05, 0) is 41.4 Å². The van der Waals surface area contributed by atoms with Gasteiger partial charge in [0.05, 0.1) is 0 Å². The molecule has 0 unspecified atom stereocenters. The Kier molecular flexibility index (Phi) is 2.44. The molecule has 1 aromatic heterocycles. The van der Waals surface area contributed by atoms with Crippen molar-refractivity contribution in [1.82, 2.24) is 10.1 Å². The summed E-state index contributed by atoms with van der Waals surface area (Å²) >= 11 is 11.4. The lowest BCUT2D eigenvalue weighted by molar-refractivity contribution is 0.430. The third-order valence-electron chi connectivity index (χ3n) is 1.83. The standard InChI is InChI=1S/C9H6Cl2N2O/c1-5-2-3-6(10)4-7(5)8-12-9(11)13-14-8/h2-4H,1H3. The Labute approximate surface area is 90.6 Å². The van der Waals surface area contributed by atoms with Crippen LogP contribution in [-0.4, -0.2) is 10.1 Å². The molecule has 0 atom stereocenters. The molecule has 3 nitrogen and oxygen atoms in total. The van der Waals surface area contributed by atoms with Gasteiger partial charge in [-0.3, -0.25) is 0 Å². The van der Waals surface area contributed by atoms with E-state index in [0.717, 1.165) is 11.1 Å². The van der Waals surface area contributed by atoms with Crippen LogP contribution in [0.3, 0.4) is 0 Å². The molecule has 0 aliphatic rings. The topological polar surface area (TPSA) is 38.9 Å². The Balaban J connectivity index is 2.55. The number of benzene rings is 1. The fraction of sp³-hybridized carbons (Fsp3) is 0.111. The minimum Gasteiger partial charge on any atom is -0.333 e. The van der Waals surface area contributed by atoms with Crippen molar-refractivity contribution in [2.24, 2.45) is 0 Å². The van der Waals surface area contributed by atoms with Crippen LogP contribution >= 0.6 is 23.2 Å². The fourth-order valence-corrected chi connectivity index (χ4v) is 1.42. The minimum absolute atomic E-state index is 0.0966. The van der Waals surface area contributed by atoms with Crippen LogP contribution in [0.2, 0.25) is 10.3 Å². The number of halogens is 2. The molecule has 72 valence electrons. The summed E-state index contributed by atoms with van der Waals surface area (Å²) < 4.78 is 4.93. The van der Waals surface area contributed by atoms with Gasteiger partial charge in [0.25, 0.3) is 11.2 Å². The van der Waals surface area contributed by atoms with Crippen molar-refractivity contribution in [3.8, 4) is 11.5 Å². The van der Waals surface area contributed by atoms with E-state index >= 15 is 0 Å². The van der Waals surface area contributed by atoms with E-state index in [1.807, 2.05) is 13.0 Å². The smallest absolute Gasteiger partial charge is 0.264 e. The molecule has 0 spiro atoms. The summed E-state index contributed by atoms with van der Waals surface area (Å²) in [6.07, 6.45) is 0. The number of hydrogen-bond donors (Lipinski definition) is 0.